The van der Waals surface area contributed by atoms with Crippen LogP contribution in [0.25, 0.3) is 11.0 Å². The fraction of sp³-hybridized carbons (Fsp3) is 0.435. The molecule has 0 aliphatic heterocycles. The molecule has 1 amide bonds. The topological polar surface area (TPSA) is 136 Å². The van der Waals surface area contributed by atoms with E-state index in [-0.39, 0.29) is 30.5 Å². The monoisotopic (exact) mass is 454 g/mol. The van der Waals surface area contributed by atoms with Crippen LogP contribution in [0.3, 0.4) is 0 Å². The van der Waals surface area contributed by atoms with Crippen LogP contribution in [0.1, 0.15) is 40.0 Å². The number of nitrogens with one attached hydrogen (secondary N) is 1. The summed E-state index contributed by atoms with van der Waals surface area (Å²) in [4.78, 5) is 58.8. The number of carbonyl (C=O) groups is 1. The van der Waals surface area contributed by atoms with Crippen LogP contribution >= 0.6 is 0 Å². The van der Waals surface area contributed by atoms with Crippen molar-refractivity contribution < 1.29 is 4.79 Å². The van der Waals surface area contributed by atoms with Crippen LogP contribution in [0.4, 0.5) is 11.5 Å². The molecule has 2 heterocycles. The lowest BCUT2D eigenvalue weighted by Gasteiger charge is -2.26. The zero-order chi connectivity index (χ0) is 24.1. The first-order valence-corrected chi connectivity index (χ1v) is 11.1. The van der Waals surface area contributed by atoms with Gasteiger partial charge in [-0.3, -0.25) is 28.5 Å². The van der Waals surface area contributed by atoms with Crippen molar-refractivity contribution in [2.24, 2.45) is 5.92 Å². The van der Waals surface area contributed by atoms with Crippen LogP contribution in [0, 0.1) is 5.92 Å². The number of para-hydroxylation sites is 2. The van der Waals surface area contributed by atoms with Crippen LogP contribution in [-0.4, -0.2) is 31.6 Å². The highest BCUT2D eigenvalue weighted by Gasteiger charge is 2.25. The van der Waals surface area contributed by atoms with E-state index in [1.807, 2.05) is 20.8 Å². The standard InChI is InChI=1S/C23H30N6O4/c1-4-5-11-28-21(24)20(22(32)26-23(28)33)27(12-10-15(2)3)19(31)14-29-17-9-7-6-8-16(17)25-13-18(29)30/h6-9,13,15H,4-5,10-12,14,24H2,1-3H3,(H,26,32,33). The average molecular weight is 455 g/mol. The maximum absolute atomic E-state index is 13.5. The van der Waals surface area contributed by atoms with Crippen LogP contribution in [0.2, 0.25) is 0 Å². The Morgan fingerprint density at radius 1 is 1.18 bits per heavy atom. The summed E-state index contributed by atoms with van der Waals surface area (Å²) >= 11 is 0. The first-order valence-electron chi connectivity index (χ1n) is 11.1. The van der Waals surface area contributed by atoms with E-state index in [9.17, 15) is 19.2 Å². The van der Waals surface area contributed by atoms with E-state index in [2.05, 4.69) is 9.97 Å². The van der Waals surface area contributed by atoms with E-state index >= 15 is 0 Å². The summed E-state index contributed by atoms with van der Waals surface area (Å²) in [5.41, 5.74) is 5.51. The second-order valence-electron chi connectivity index (χ2n) is 8.40. The lowest BCUT2D eigenvalue weighted by molar-refractivity contribution is -0.119. The summed E-state index contributed by atoms with van der Waals surface area (Å²) in [5, 5.41) is 0. The summed E-state index contributed by atoms with van der Waals surface area (Å²) in [5.74, 6) is -0.288. The second-order valence-corrected chi connectivity index (χ2v) is 8.40. The molecule has 0 aliphatic carbocycles. The average Bonchev–Trinajstić information content (AvgIpc) is 2.77. The highest BCUT2D eigenvalue weighted by molar-refractivity contribution is 5.96. The molecule has 10 nitrogen and oxygen atoms in total. The SMILES string of the molecule is CCCCn1c(N)c(N(CCC(C)C)C(=O)Cn2c(=O)cnc3ccccc32)c(=O)[nH]c1=O. The summed E-state index contributed by atoms with van der Waals surface area (Å²) in [6.45, 7) is 6.22. The Bertz CT molecular complexity index is 1320. The molecule has 3 N–H and O–H groups in total. The van der Waals surface area contributed by atoms with Crippen molar-refractivity contribution in [3.8, 4) is 0 Å². The number of fused-ring (bicyclic) bond motifs is 1. The van der Waals surface area contributed by atoms with Crippen molar-refractivity contribution in [1.82, 2.24) is 19.1 Å². The minimum absolute atomic E-state index is 0.0544. The number of aromatic amines is 1. The number of unbranched alkanes of at least 4 members (excludes halogenated alkanes) is 1. The molecule has 2 aromatic heterocycles. The first-order chi connectivity index (χ1) is 15.7. The minimum atomic E-state index is -0.728. The third-order valence-corrected chi connectivity index (χ3v) is 5.50. The van der Waals surface area contributed by atoms with E-state index in [1.54, 1.807) is 24.3 Å². The molecule has 0 unspecified atom stereocenters. The molecule has 0 saturated carbocycles. The van der Waals surface area contributed by atoms with Gasteiger partial charge in [-0.25, -0.2) is 9.78 Å². The maximum Gasteiger partial charge on any atom is 0.330 e. The molecule has 0 radical (unpaired) electrons. The number of amides is 1. The van der Waals surface area contributed by atoms with E-state index < -0.39 is 22.7 Å². The molecule has 1 aromatic carbocycles. The number of nitrogen functional groups attached to an aromatic ring is 1. The van der Waals surface area contributed by atoms with Gasteiger partial charge >= 0.3 is 5.69 Å². The van der Waals surface area contributed by atoms with Crippen molar-refractivity contribution in [2.45, 2.75) is 53.1 Å². The Morgan fingerprint density at radius 2 is 1.91 bits per heavy atom. The Balaban J connectivity index is 2.09. The third kappa shape index (κ3) is 5.21. The zero-order valence-corrected chi connectivity index (χ0v) is 19.2. The second kappa shape index (κ2) is 10.3. The van der Waals surface area contributed by atoms with Gasteiger partial charge in [0.1, 0.15) is 12.4 Å². The predicted octanol–water partition coefficient (Wildman–Crippen LogP) is 1.71. The van der Waals surface area contributed by atoms with Gasteiger partial charge < -0.3 is 10.6 Å². The minimum Gasteiger partial charge on any atom is -0.383 e. The van der Waals surface area contributed by atoms with Crippen LogP contribution in [0.15, 0.2) is 44.8 Å². The Hall–Kier alpha value is -3.69. The molecular weight excluding hydrogens is 424 g/mol. The summed E-state index contributed by atoms with van der Waals surface area (Å²) in [6.07, 6.45) is 3.28. The fourth-order valence-corrected chi connectivity index (χ4v) is 3.62. The lowest BCUT2D eigenvalue weighted by atomic mass is 10.1. The number of anilines is 2. The number of H-pyrrole nitrogens is 1. The molecule has 0 fully saturated rings. The quantitative estimate of drug-likeness (QED) is 0.505. The van der Waals surface area contributed by atoms with E-state index in [4.69, 9.17) is 5.73 Å². The van der Waals surface area contributed by atoms with Crippen LogP contribution in [0.5, 0.6) is 0 Å². The molecule has 0 bridgehead atoms. The van der Waals surface area contributed by atoms with Crippen molar-refractivity contribution >= 4 is 28.4 Å². The van der Waals surface area contributed by atoms with Gasteiger partial charge in [0.2, 0.25) is 5.91 Å². The lowest BCUT2D eigenvalue weighted by Crippen LogP contribution is -2.44. The fourth-order valence-electron chi connectivity index (χ4n) is 3.62. The molecule has 3 aromatic rings. The van der Waals surface area contributed by atoms with Gasteiger partial charge in [-0.15, -0.1) is 0 Å². The molecule has 0 spiro atoms. The van der Waals surface area contributed by atoms with Gasteiger partial charge in [0, 0.05) is 13.1 Å². The van der Waals surface area contributed by atoms with E-state index in [0.29, 0.717) is 30.4 Å². The molecule has 176 valence electrons. The molecule has 33 heavy (non-hydrogen) atoms. The molecule has 10 heteroatoms. The Morgan fingerprint density at radius 3 is 2.61 bits per heavy atom. The van der Waals surface area contributed by atoms with Crippen LogP contribution < -0.4 is 27.4 Å². The smallest absolute Gasteiger partial charge is 0.330 e. The van der Waals surface area contributed by atoms with Crippen molar-refractivity contribution in [3.05, 3.63) is 61.7 Å². The van der Waals surface area contributed by atoms with Gasteiger partial charge in [-0.2, -0.15) is 0 Å². The molecule has 3 rings (SSSR count). The number of rotatable bonds is 9. The molecule has 0 saturated heterocycles. The van der Waals surface area contributed by atoms with Crippen molar-refractivity contribution in [3.63, 3.8) is 0 Å². The van der Waals surface area contributed by atoms with Gasteiger partial charge in [0.25, 0.3) is 11.1 Å². The summed E-state index contributed by atoms with van der Waals surface area (Å²) in [6, 6.07) is 7.01. The Labute approximate surface area is 190 Å². The van der Waals surface area contributed by atoms with Crippen molar-refractivity contribution in [1.29, 1.82) is 0 Å². The number of hydrogen-bond acceptors (Lipinski definition) is 6. The maximum atomic E-state index is 13.5. The number of hydrogen-bond donors (Lipinski definition) is 2. The number of nitrogens with zero attached hydrogens (tertiary/aromatic N) is 4. The predicted molar refractivity (Wildman–Crippen MR) is 128 cm³/mol. The van der Waals surface area contributed by atoms with Gasteiger partial charge in [0.15, 0.2) is 5.69 Å². The van der Waals surface area contributed by atoms with Gasteiger partial charge in [-0.1, -0.05) is 39.3 Å². The number of benzene rings is 1. The van der Waals surface area contributed by atoms with Gasteiger partial charge in [0.05, 0.1) is 17.2 Å². The normalized spacial score (nSPS) is 11.3. The number of nitrogens with two attached hydrogens (primary N) is 1. The van der Waals surface area contributed by atoms with Crippen molar-refractivity contribution in [2.75, 3.05) is 17.2 Å². The molecular formula is C23H30N6O4. The first kappa shape index (κ1) is 24.0. The van der Waals surface area contributed by atoms with Gasteiger partial charge in [-0.05, 0) is 30.9 Å². The highest BCUT2D eigenvalue weighted by Crippen LogP contribution is 2.20. The molecule has 0 aliphatic rings. The number of carbonyl (C=O) groups excluding carboxylic acids is 1. The summed E-state index contributed by atoms with van der Waals surface area (Å²) in [7, 11) is 0. The molecule has 0 atom stereocenters. The zero-order valence-electron chi connectivity index (χ0n) is 19.2. The summed E-state index contributed by atoms with van der Waals surface area (Å²) < 4.78 is 2.61. The third-order valence-electron chi connectivity index (χ3n) is 5.50. The van der Waals surface area contributed by atoms with E-state index in [1.165, 1.54) is 20.2 Å². The van der Waals surface area contributed by atoms with Crippen LogP contribution in [-0.2, 0) is 17.9 Å². The van der Waals surface area contributed by atoms with E-state index in [0.717, 1.165) is 6.42 Å². The Kier molecular flexibility index (Phi) is 7.47. The highest BCUT2D eigenvalue weighted by atomic mass is 16.2. The largest absolute Gasteiger partial charge is 0.383 e. The number of aromatic nitrogens is 4.